The molecule has 0 spiro atoms. The van der Waals surface area contributed by atoms with Crippen molar-refractivity contribution in [3.8, 4) is 0 Å². The Morgan fingerprint density at radius 1 is 0.640 bits per heavy atom. The Kier molecular flexibility index (Phi) is 15.6. The molecule has 0 fully saturated rings. The lowest BCUT2D eigenvalue weighted by Gasteiger charge is -2.15. The molecule has 0 aliphatic rings. The van der Waals surface area contributed by atoms with Crippen molar-refractivity contribution < 1.29 is 0 Å². The second-order valence-corrected chi connectivity index (χ2v) is 8.87. The minimum atomic E-state index is 0.843. The molecule has 1 aromatic heterocycles. The van der Waals surface area contributed by atoms with Crippen LogP contribution in [0.5, 0.6) is 0 Å². The highest BCUT2D eigenvalue weighted by atomic mass is 32.1. The van der Waals surface area contributed by atoms with E-state index in [4.69, 9.17) is 0 Å². The molecule has 0 saturated carbocycles. The van der Waals surface area contributed by atoms with Gasteiger partial charge >= 0.3 is 0 Å². The van der Waals surface area contributed by atoms with E-state index in [1.54, 1.807) is 4.88 Å². The predicted octanol–water partition coefficient (Wildman–Crippen LogP) is 9.50. The molecule has 1 unspecified atom stereocenters. The highest BCUT2D eigenvalue weighted by Gasteiger charge is 2.12. The minimum absolute atomic E-state index is 0.843. The van der Waals surface area contributed by atoms with Crippen molar-refractivity contribution in [2.24, 2.45) is 0 Å². The molecular weight excluding hydrogens is 320 g/mol. The van der Waals surface area contributed by atoms with Crippen LogP contribution in [-0.2, 0) is 0 Å². The van der Waals surface area contributed by atoms with Crippen LogP contribution >= 0.6 is 11.3 Å². The Morgan fingerprint density at radius 3 is 1.52 bits per heavy atom. The molecule has 0 aliphatic heterocycles. The van der Waals surface area contributed by atoms with Gasteiger partial charge in [0.15, 0.2) is 0 Å². The van der Waals surface area contributed by atoms with Crippen LogP contribution in [0.2, 0.25) is 0 Å². The fourth-order valence-corrected chi connectivity index (χ4v) is 4.72. The average Bonchev–Trinajstić information content (AvgIpc) is 3.16. The van der Waals surface area contributed by atoms with Crippen molar-refractivity contribution in [2.75, 3.05) is 0 Å². The van der Waals surface area contributed by atoms with Crippen LogP contribution in [0.1, 0.15) is 134 Å². The predicted molar refractivity (Wildman–Crippen MR) is 117 cm³/mol. The maximum Gasteiger partial charge on any atom is 0.00761 e. The second kappa shape index (κ2) is 17.1. The lowest BCUT2D eigenvalue weighted by atomic mass is 9.93. The molecule has 1 atom stereocenters. The minimum Gasteiger partial charge on any atom is -0.149 e. The van der Waals surface area contributed by atoms with Gasteiger partial charge in [-0.3, -0.25) is 0 Å². The van der Waals surface area contributed by atoms with E-state index in [1.165, 1.54) is 109 Å². The molecule has 0 nitrogen and oxygen atoms in total. The van der Waals surface area contributed by atoms with Gasteiger partial charge in [-0.2, -0.15) is 0 Å². The molecule has 0 aliphatic carbocycles. The van der Waals surface area contributed by atoms with E-state index in [1.807, 2.05) is 11.3 Å². The van der Waals surface area contributed by atoms with Gasteiger partial charge in [-0.1, -0.05) is 116 Å². The molecule has 0 amide bonds. The van der Waals surface area contributed by atoms with E-state index in [2.05, 4.69) is 31.4 Å². The van der Waals surface area contributed by atoms with Crippen molar-refractivity contribution in [1.29, 1.82) is 0 Å². The van der Waals surface area contributed by atoms with Gasteiger partial charge in [0.2, 0.25) is 0 Å². The lowest BCUT2D eigenvalue weighted by Crippen LogP contribution is -1.97. The van der Waals surface area contributed by atoms with Crippen LogP contribution in [-0.4, -0.2) is 0 Å². The normalized spacial score (nSPS) is 12.6. The maximum atomic E-state index is 2.37. The van der Waals surface area contributed by atoms with E-state index in [-0.39, 0.29) is 0 Å². The molecule has 146 valence electrons. The van der Waals surface area contributed by atoms with E-state index in [9.17, 15) is 0 Å². The van der Waals surface area contributed by atoms with Gasteiger partial charge < -0.3 is 0 Å². The zero-order valence-corrected chi connectivity index (χ0v) is 18.1. The molecule has 0 N–H and O–H groups in total. The van der Waals surface area contributed by atoms with E-state index < -0.39 is 0 Å². The van der Waals surface area contributed by atoms with Crippen LogP contribution in [0.25, 0.3) is 0 Å². The van der Waals surface area contributed by atoms with Crippen LogP contribution in [0.3, 0.4) is 0 Å². The van der Waals surface area contributed by atoms with Crippen LogP contribution < -0.4 is 0 Å². The van der Waals surface area contributed by atoms with Crippen molar-refractivity contribution in [3.05, 3.63) is 22.4 Å². The Hall–Kier alpha value is -0.300. The largest absolute Gasteiger partial charge is 0.149 e. The molecule has 0 aromatic carbocycles. The van der Waals surface area contributed by atoms with Crippen molar-refractivity contribution in [2.45, 2.75) is 129 Å². The van der Waals surface area contributed by atoms with Gasteiger partial charge in [-0.25, -0.2) is 0 Å². The van der Waals surface area contributed by atoms with Crippen molar-refractivity contribution >= 4 is 11.3 Å². The van der Waals surface area contributed by atoms with Crippen LogP contribution in [0.15, 0.2) is 17.5 Å². The summed E-state index contributed by atoms with van der Waals surface area (Å²) in [5.41, 5.74) is 0. The van der Waals surface area contributed by atoms with Gasteiger partial charge in [0.1, 0.15) is 0 Å². The first kappa shape index (κ1) is 22.7. The van der Waals surface area contributed by atoms with E-state index in [0.29, 0.717) is 0 Å². The summed E-state index contributed by atoms with van der Waals surface area (Å²) in [5.74, 6) is 0.843. The zero-order valence-electron chi connectivity index (χ0n) is 17.2. The fraction of sp³-hybridized carbons (Fsp3) is 0.833. The summed E-state index contributed by atoms with van der Waals surface area (Å²) in [5, 5.41) is 2.26. The maximum absolute atomic E-state index is 2.37. The quantitative estimate of drug-likeness (QED) is 0.227. The summed E-state index contributed by atoms with van der Waals surface area (Å²) in [6.45, 7) is 4.61. The van der Waals surface area contributed by atoms with Crippen molar-refractivity contribution in [3.63, 3.8) is 0 Å². The Labute approximate surface area is 162 Å². The first-order valence-electron chi connectivity index (χ1n) is 11.4. The number of hydrogen-bond donors (Lipinski definition) is 0. The molecule has 1 aromatic rings. The van der Waals surface area contributed by atoms with Gasteiger partial charge in [0, 0.05) is 4.88 Å². The first-order chi connectivity index (χ1) is 12.4. The third kappa shape index (κ3) is 12.7. The Morgan fingerprint density at radius 2 is 1.08 bits per heavy atom. The molecule has 0 radical (unpaired) electrons. The van der Waals surface area contributed by atoms with Gasteiger partial charge in [-0.15, -0.1) is 11.3 Å². The third-order valence-corrected chi connectivity index (χ3v) is 6.54. The standard InChI is InChI=1S/C24H44S/c1-3-5-7-9-10-11-12-13-14-15-17-20-23(19-16-8-6-4-2)24-21-18-22-25-24/h18,21-23H,3-17,19-20H2,1-2H3. The Balaban J connectivity index is 2.02. The summed E-state index contributed by atoms with van der Waals surface area (Å²) >= 11 is 1.98. The molecule has 0 saturated heterocycles. The second-order valence-electron chi connectivity index (χ2n) is 7.89. The number of hydrogen-bond acceptors (Lipinski definition) is 1. The molecule has 1 heterocycles. The van der Waals surface area contributed by atoms with Gasteiger partial charge in [0.25, 0.3) is 0 Å². The molecule has 0 bridgehead atoms. The highest BCUT2D eigenvalue weighted by molar-refractivity contribution is 7.10. The number of unbranched alkanes of at least 4 members (excludes halogenated alkanes) is 13. The topological polar surface area (TPSA) is 0 Å². The summed E-state index contributed by atoms with van der Waals surface area (Å²) in [4.78, 5) is 1.64. The zero-order chi connectivity index (χ0) is 18.0. The Bertz CT molecular complexity index is 354. The van der Waals surface area contributed by atoms with Crippen LogP contribution in [0.4, 0.5) is 0 Å². The van der Waals surface area contributed by atoms with Crippen LogP contribution in [0, 0.1) is 0 Å². The smallest absolute Gasteiger partial charge is 0.00761 e. The molecular formula is C24H44S. The summed E-state index contributed by atoms with van der Waals surface area (Å²) in [6.07, 6.45) is 24.4. The monoisotopic (exact) mass is 364 g/mol. The SMILES string of the molecule is CCCCCCCCCCCCCC(CCCCCC)c1cccs1. The molecule has 1 heteroatoms. The molecule has 25 heavy (non-hydrogen) atoms. The third-order valence-electron chi connectivity index (χ3n) is 5.51. The van der Waals surface area contributed by atoms with Gasteiger partial charge in [0.05, 0.1) is 0 Å². The first-order valence-corrected chi connectivity index (χ1v) is 12.3. The molecule has 1 rings (SSSR count). The summed E-state index contributed by atoms with van der Waals surface area (Å²) in [7, 11) is 0. The number of thiophene rings is 1. The lowest BCUT2D eigenvalue weighted by molar-refractivity contribution is 0.491. The van der Waals surface area contributed by atoms with Gasteiger partial charge in [-0.05, 0) is 30.2 Å². The fourth-order valence-electron chi connectivity index (χ4n) is 3.82. The van der Waals surface area contributed by atoms with E-state index in [0.717, 1.165) is 5.92 Å². The highest BCUT2D eigenvalue weighted by Crippen LogP contribution is 2.31. The van der Waals surface area contributed by atoms with E-state index >= 15 is 0 Å². The van der Waals surface area contributed by atoms with Crippen molar-refractivity contribution in [1.82, 2.24) is 0 Å². The summed E-state index contributed by atoms with van der Waals surface area (Å²) in [6, 6.07) is 4.60. The number of rotatable bonds is 18. The average molecular weight is 365 g/mol. The summed E-state index contributed by atoms with van der Waals surface area (Å²) < 4.78 is 0.